The normalized spacial score (nSPS) is 14.1. The fraction of sp³-hybridized carbons (Fsp3) is 0.167. The molecule has 3 nitrogen and oxygen atoms in total. The van der Waals surface area contributed by atoms with Crippen LogP contribution in [0.15, 0.2) is 42.5 Å². The van der Waals surface area contributed by atoms with E-state index in [1.54, 1.807) is 5.06 Å². The highest BCUT2D eigenvalue weighted by atomic mass is 19.2. The fourth-order valence-corrected chi connectivity index (χ4v) is 2.84. The highest BCUT2D eigenvalue weighted by Crippen LogP contribution is 2.30. The van der Waals surface area contributed by atoms with Crippen molar-refractivity contribution < 1.29 is 13.6 Å². The van der Waals surface area contributed by atoms with Gasteiger partial charge in [0.25, 0.3) is 0 Å². The van der Waals surface area contributed by atoms with Crippen LogP contribution in [0.5, 0.6) is 0 Å². The highest BCUT2D eigenvalue weighted by molar-refractivity contribution is 5.83. The molecule has 2 aromatic carbocycles. The van der Waals surface area contributed by atoms with E-state index in [1.807, 2.05) is 31.2 Å². The lowest BCUT2D eigenvalue weighted by molar-refractivity contribution is 0.0787. The zero-order valence-electron chi connectivity index (χ0n) is 12.5. The first-order valence-corrected chi connectivity index (χ1v) is 7.35. The van der Waals surface area contributed by atoms with Crippen molar-refractivity contribution in [3.8, 4) is 0 Å². The Labute approximate surface area is 132 Å². The van der Waals surface area contributed by atoms with Gasteiger partial charge in [-0.2, -0.15) is 0 Å². The van der Waals surface area contributed by atoms with Gasteiger partial charge in [-0.3, -0.25) is 9.82 Å². The second-order valence-electron chi connectivity index (χ2n) is 5.64. The maximum Gasteiger partial charge on any atom is 0.160 e. The second kappa shape index (κ2) is 5.28. The van der Waals surface area contributed by atoms with Crippen molar-refractivity contribution in [2.24, 2.45) is 0 Å². The maximum atomic E-state index is 13.4. The number of aryl methyl sites for hydroxylation is 1. The molecule has 0 radical (unpaired) electrons. The summed E-state index contributed by atoms with van der Waals surface area (Å²) in [5, 5.41) is 2.64. The smallest absolute Gasteiger partial charge is 0.160 e. The number of aromatic nitrogens is 1. The van der Waals surface area contributed by atoms with Crippen LogP contribution < -0.4 is 5.06 Å². The monoisotopic (exact) mass is 312 g/mol. The quantitative estimate of drug-likeness (QED) is 0.671. The Balaban J connectivity index is 1.73. The Morgan fingerprint density at radius 3 is 2.70 bits per heavy atom. The minimum Gasteiger partial charge on any atom is -0.268 e. The summed E-state index contributed by atoms with van der Waals surface area (Å²) in [7, 11) is 0. The summed E-state index contributed by atoms with van der Waals surface area (Å²) in [6, 6.07) is 11.8. The fourth-order valence-electron chi connectivity index (χ4n) is 2.84. The largest absolute Gasteiger partial charge is 0.268 e. The maximum absolute atomic E-state index is 13.4. The molecule has 116 valence electrons. The van der Waals surface area contributed by atoms with Crippen molar-refractivity contribution >= 4 is 16.6 Å². The Bertz CT molecular complexity index is 911. The molecular formula is C18H14F2N2O. The molecule has 0 bridgehead atoms. The Morgan fingerprint density at radius 2 is 1.87 bits per heavy atom. The van der Waals surface area contributed by atoms with Crippen molar-refractivity contribution in [1.29, 1.82) is 0 Å². The number of pyridine rings is 1. The molecular weight excluding hydrogens is 298 g/mol. The molecule has 3 aromatic rings. The molecule has 0 atom stereocenters. The average Bonchev–Trinajstić information content (AvgIpc) is 2.56. The van der Waals surface area contributed by atoms with E-state index in [0.717, 1.165) is 39.9 Å². The third-order valence-corrected chi connectivity index (χ3v) is 4.07. The van der Waals surface area contributed by atoms with Gasteiger partial charge in [-0.1, -0.05) is 18.2 Å². The molecule has 4 rings (SSSR count). The van der Waals surface area contributed by atoms with E-state index in [0.29, 0.717) is 18.8 Å². The van der Waals surface area contributed by atoms with E-state index < -0.39 is 11.6 Å². The molecule has 0 spiro atoms. The first-order valence-electron chi connectivity index (χ1n) is 7.35. The molecule has 1 aliphatic heterocycles. The summed E-state index contributed by atoms with van der Waals surface area (Å²) in [5.41, 5.74) is 4.50. The van der Waals surface area contributed by atoms with Crippen LogP contribution in [-0.4, -0.2) is 4.98 Å². The Kier molecular flexibility index (Phi) is 3.23. The lowest BCUT2D eigenvalue weighted by Crippen LogP contribution is -2.28. The van der Waals surface area contributed by atoms with Crippen LogP contribution in [0.4, 0.5) is 14.5 Å². The van der Waals surface area contributed by atoms with E-state index in [4.69, 9.17) is 4.84 Å². The zero-order chi connectivity index (χ0) is 16.0. The van der Waals surface area contributed by atoms with Crippen LogP contribution in [0.1, 0.15) is 16.8 Å². The first-order chi connectivity index (χ1) is 11.1. The number of fused-ring (bicyclic) bond motifs is 3. The van der Waals surface area contributed by atoms with Gasteiger partial charge in [0.2, 0.25) is 0 Å². The molecule has 5 heteroatoms. The van der Waals surface area contributed by atoms with E-state index in [-0.39, 0.29) is 0 Å². The number of hydroxylamine groups is 1. The summed E-state index contributed by atoms with van der Waals surface area (Å²) >= 11 is 0. The van der Waals surface area contributed by atoms with Crippen LogP contribution in [0.25, 0.3) is 10.9 Å². The topological polar surface area (TPSA) is 25.4 Å². The molecule has 0 saturated heterocycles. The average molecular weight is 312 g/mol. The predicted octanol–water partition coefficient (Wildman–Crippen LogP) is 4.27. The molecule has 1 aromatic heterocycles. The summed E-state index contributed by atoms with van der Waals surface area (Å²) in [5.74, 6) is -1.75. The molecule has 0 N–H and O–H groups in total. The number of hydrogen-bond donors (Lipinski definition) is 0. The number of halogens is 2. The molecule has 0 unspecified atom stereocenters. The van der Waals surface area contributed by atoms with E-state index >= 15 is 0 Å². The summed E-state index contributed by atoms with van der Waals surface area (Å²) in [6.45, 7) is 2.77. The van der Waals surface area contributed by atoms with Gasteiger partial charge in [0, 0.05) is 22.7 Å². The molecule has 0 saturated carbocycles. The number of benzene rings is 2. The lowest BCUT2D eigenvalue weighted by Gasteiger charge is -2.30. The van der Waals surface area contributed by atoms with Crippen LogP contribution in [0.2, 0.25) is 0 Å². The third-order valence-electron chi connectivity index (χ3n) is 4.07. The van der Waals surface area contributed by atoms with Gasteiger partial charge in [-0.15, -0.1) is 0 Å². The van der Waals surface area contributed by atoms with Gasteiger partial charge in [-0.05, 0) is 30.7 Å². The number of rotatable bonds is 1. The van der Waals surface area contributed by atoms with Crippen molar-refractivity contribution in [3.05, 3.63) is 70.9 Å². The standard InChI is InChI=1S/C18H14F2N2O/c1-11-2-3-12-4-5-13-9-22(23-10-15(13)18(12)21-11)14-6-7-16(19)17(20)8-14/h2-8H,9-10H2,1H3. The number of nitrogens with zero attached hydrogens (tertiary/aromatic N) is 2. The van der Waals surface area contributed by atoms with Crippen molar-refractivity contribution in [2.75, 3.05) is 5.06 Å². The highest BCUT2D eigenvalue weighted by Gasteiger charge is 2.21. The van der Waals surface area contributed by atoms with Crippen LogP contribution in [-0.2, 0) is 18.0 Å². The number of hydrogen-bond acceptors (Lipinski definition) is 3. The summed E-state index contributed by atoms with van der Waals surface area (Å²) < 4.78 is 26.5. The van der Waals surface area contributed by atoms with Crippen molar-refractivity contribution in [2.45, 2.75) is 20.1 Å². The van der Waals surface area contributed by atoms with Crippen LogP contribution in [0, 0.1) is 18.6 Å². The predicted molar refractivity (Wildman–Crippen MR) is 83.8 cm³/mol. The van der Waals surface area contributed by atoms with Crippen molar-refractivity contribution in [3.63, 3.8) is 0 Å². The molecule has 1 aliphatic rings. The van der Waals surface area contributed by atoms with E-state index in [1.165, 1.54) is 6.07 Å². The lowest BCUT2D eigenvalue weighted by atomic mass is 10.0. The van der Waals surface area contributed by atoms with Gasteiger partial charge in [0.1, 0.15) is 6.61 Å². The van der Waals surface area contributed by atoms with E-state index in [9.17, 15) is 8.78 Å². The molecule has 0 amide bonds. The molecule has 0 aliphatic carbocycles. The van der Waals surface area contributed by atoms with Crippen molar-refractivity contribution in [1.82, 2.24) is 4.98 Å². The number of anilines is 1. The molecule has 0 fully saturated rings. The minimum absolute atomic E-state index is 0.349. The first kappa shape index (κ1) is 14.1. The van der Waals surface area contributed by atoms with Gasteiger partial charge in [0.05, 0.1) is 17.7 Å². The van der Waals surface area contributed by atoms with Gasteiger partial charge >= 0.3 is 0 Å². The third kappa shape index (κ3) is 2.43. The minimum atomic E-state index is -0.882. The van der Waals surface area contributed by atoms with Crippen LogP contribution in [0.3, 0.4) is 0 Å². The van der Waals surface area contributed by atoms with Crippen LogP contribution >= 0.6 is 0 Å². The zero-order valence-corrected chi connectivity index (χ0v) is 12.5. The SMILES string of the molecule is Cc1ccc2ccc3c(c2n1)CON(c1ccc(F)c(F)c1)C3. The molecule has 23 heavy (non-hydrogen) atoms. The van der Waals surface area contributed by atoms with Gasteiger partial charge in [-0.25, -0.2) is 13.8 Å². The summed E-state index contributed by atoms with van der Waals surface area (Å²) in [6.07, 6.45) is 0. The van der Waals surface area contributed by atoms with Gasteiger partial charge < -0.3 is 0 Å². The Morgan fingerprint density at radius 1 is 1.04 bits per heavy atom. The second-order valence-corrected chi connectivity index (χ2v) is 5.64. The van der Waals surface area contributed by atoms with E-state index in [2.05, 4.69) is 4.98 Å². The van der Waals surface area contributed by atoms with Gasteiger partial charge in [0.15, 0.2) is 11.6 Å². The molecule has 2 heterocycles. The Hall–Kier alpha value is -2.53. The summed E-state index contributed by atoms with van der Waals surface area (Å²) in [4.78, 5) is 10.3.